The van der Waals surface area contributed by atoms with Crippen molar-refractivity contribution in [1.29, 1.82) is 5.26 Å². The van der Waals surface area contributed by atoms with E-state index in [0.29, 0.717) is 17.9 Å². The molecule has 6 heteroatoms. The van der Waals surface area contributed by atoms with Gasteiger partial charge >= 0.3 is 0 Å². The summed E-state index contributed by atoms with van der Waals surface area (Å²) in [6, 6.07) is 12.5. The molecule has 0 saturated carbocycles. The standard InChI is InChI=1S/C20H15N3O3/c21-10-15-18(22)26-16-9-12(24)6-7-13(16)20(15)14-5-1-3-11-4-2-8-23(17(11)14)19(20)25/h1,3,5-7,9,24H,2,4,8,22H2/t20-/m1/s1. The fourth-order valence-electron chi connectivity index (χ4n) is 4.51. The van der Waals surface area contributed by atoms with E-state index in [2.05, 4.69) is 6.07 Å². The molecular weight excluding hydrogens is 330 g/mol. The second-order valence-corrected chi connectivity index (χ2v) is 6.76. The maximum absolute atomic E-state index is 13.7. The molecule has 0 unspecified atom stereocenters. The van der Waals surface area contributed by atoms with Gasteiger partial charge in [0.1, 0.15) is 28.6 Å². The Morgan fingerprint density at radius 1 is 1.27 bits per heavy atom. The lowest BCUT2D eigenvalue weighted by Gasteiger charge is -2.34. The van der Waals surface area contributed by atoms with Crippen LogP contribution >= 0.6 is 0 Å². The molecule has 128 valence electrons. The van der Waals surface area contributed by atoms with Crippen LogP contribution in [-0.2, 0) is 16.6 Å². The van der Waals surface area contributed by atoms with E-state index in [1.807, 2.05) is 18.2 Å². The molecule has 5 rings (SSSR count). The Bertz CT molecular complexity index is 1070. The van der Waals surface area contributed by atoms with Crippen molar-refractivity contribution in [2.45, 2.75) is 18.3 Å². The minimum atomic E-state index is -1.32. The Kier molecular flexibility index (Phi) is 2.74. The lowest BCUT2D eigenvalue weighted by atomic mass is 9.68. The summed E-state index contributed by atoms with van der Waals surface area (Å²) in [5, 5.41) is 19.7. The van der Waals surface area contributed by atoms with Gasteiger partial charge in [-0.05, 0) is 30.5 Å². The number of rotatable bonds is 0. The molecule has 1 amide bonds. The van der Waals surface area contributed by atoms with E-state index in [-0.39, 0.29) is 23.1 Å². The minimum absolute atomic E-state index is 0.00713. The SMILES string of the molecule is N#CC1=C(N)Oc2cc(O)ccc2[C@]12C(=O)N1CCCc3cccc2c31. The Balaban J connectivity index is 1.94. The highest BCUT2D eigenvalue weighted by atomic mass is 16.5. The number of hydrogen-bond donors (Lipinski definition) is 2. The highest BCUT2D eigenvalue weighted by Crippen LogP contribution is 2.57. The first-order valence-corrected chi connectivity index (χ1v) is 8.45. The molecule has 0 aliphatic carbocycles. The summed E-state index contributed by atoms with van der Waals surface area (Å²) in [6.45, 7) is 0.609. The number of para-hydroxylation sites is 1. The second-order valence-electron chi connectivity index (χ2n) is 6.76. The summed E-state index contributed by atoms with van der Waals surface area (Å²) in [5.74, 6) is 0.0193. The lowest BCUT2D eigenvalue weighted by Crippen LogP contribution is -2.46. The average molecular weight is 345 g/mol. The Morgan fingerprint density at radius 2 is 2.12 bits per heavy atom. The van der Waals surface area contributed by atoms with Crippen LogP contribution in [0.15, 0.2) is 47.9 Å². The van der Waals surface area contributed by atoms with Gasteiger partial charge in [0.15, 0.2) is 0 Å². The van der Waals surface area contributed by atoms with Gasteiger partial charge in [0, 0.05) is 23.7 Å². The fraction of sp³-hybridized carbons (Fsp3) is 0.200. The third-order valence-corrected chi connectivity index (χ3v) is 5.51. The van der Waals surface area contributed by atoms with Crippen LogP contribution in [0.25, 0.3) is 0 Å². The summed E-state index contributed by atoms with van der Waals surface area (Å²) in [7, 11) is 0. The van der Waals surface area contributed by atoms with Crippen molar-refractivity contribution in [3.05, 3.63) is 64.5 Å². The normalized spacial score (nSPS) is 22.7. The molecule has 0 bridgehead atoms. The molecule has 0 fully saturated rings. The summed E-state index contributed by atoms with van der Waals surface area (Å²) >= 11 is 0. The molecule has 2 aromatic carbocycles. The Morgan fingerprint density at radius 3 is 2.92 bits per heavy atom. The summed E-state index contributed by atoms with van der Waals surface area (Å²) in [5.41, 5.74) is 8.10. The van der Waals surface area contributed by atoms with Gasteiger partial charge in [0.25, 0.3) is 0 Å². The summed E-state index contributed by atoms with van der Waals surface area (Å²) < 4.78 is 5.59. The molecule has 3 aliphatic rings. The first-order valence-electron chi connectivity index (χ1n) is 8.45. The van der Waals surface area contributed by atoms with Crippen LogP contribution in [0.1, 0.15) is 23.1 Å². The predicted molar refractivity (Wildman–Crippen MR) is 93.5 cm³/mol. The number of nitrogens with zero attached hydrogens (tertiary/aromatic N) is 2. The number of carbonyl (C=O) groups is 1. The zero-order valence-corrected chi connectivity index (χ0v) is 13.8. The van der Waals surface area contributed by atoms with Crippen molar-refractivity contribution < 1.29 is 14.6 Å². The van der Waals surface area contributed by atoms with E-state index >= 15 is 0 Å². The van der Waals surface area contributed by atoms with E-state index in [1.54, 1.807) is 11.0 Å². The number of nitrogens with two attached hydrogens (primary N) is 1. The Hall–Kier alpha value is -3.46. The molecule has 1 spiro atoms. The molecule has 26 heavy (non-hydrogen) atoms. The van der Waals surface area contributed by atoms with Crippen LogP contribution in [0, 0.1) is 11.3 Å². The number of amides is 1. The summed E-state index contributed by atoms with van der Waals surface area (Å²) in [4.78, 5) is 15.5. The molecule has 3 heterocycles. The van der Waals surface area contributed by atoms with Crippen molar-refractivity contribution in [1.82, 2.24) is 0 Å². The van der Waals surface area contributed by atoms with Crippen molar-refractivity contribution in [3.8, 4) is 17.6 Å². The monoisotopic (exact) mass is 345 g/mol. The van der Waals surface area contributed by atoms with E-state index in [4.69, 9.17) is 10.5 Å². The number of anilines is 1. The predicted octanol–water partition coefficient (Wildman–Crippen LogP) is 2.06. The van der Waals surface area contributed by atoms with Crippen LogP contribution in [0.3, 0.4) is 0 Å². The average Bonchev–Trinajstić information content (AvgIpc) is 2.88. The first kappa shape index (κ1) is 14.8. The number of ether oxygens (including phenoxy) is 1. The molecule has 2 aromatic rings. The van der Waals surface area contributed by atoms with E-state index in [9.17, 15) is 15.2 Å². The zero-order valence-electron chi connectivity index (χ0n) is 13.8. The number of fused-ring (bicyclic) bond motifs is 3. The topological polar surface area (TPSA) is 99.6 Å². The molecule has 3 aliphatic heterocycles. The summed E-state index contributed by atoms with van der Waals surface area (Å²) in [6.07, 6.45) is 1.77. The van der Waals surface area contributed by atoms with Gasteiger partial charge in [0.2, 0.25) is 11.8 Å². The molecule has 6 nitrogen and oxygen atoms in total. The highest BCUT2D eigenvalue weighted by molar-refractivity contribution is 6.15. The number of phenolic OH excluding ortho intramolecular Hbond substituents is 1. The van der Waals surface area contributed by atoms with Crippen LogP contribution in [0.5, 0.6) is 11.5 Å². The van der Waals surface area contributed by atoms with Crippen molar-refractivity contribution >= 4 is 11.6 Å². The van der Waals surface area contributed by atoms with Crippen LogP contribution in [0.4, 0.5) is 5.69 Å². The van der Waals surface area contributed by atoms with Gasteiger partial charge in [-0.2, -0.15) is 5.26 Å². The Labute approximate surface area is 149 Å². The van der Waals surface area contributed by atoms with E-state index < -0.39 is 5.41 Å². The highest BCUT2D eigenvalue weighted by Gasteiger charge is 2.59. The quantitative estimate of drug-likeness (QED) is 0.761. The van der Waals surface area contributed by atoms with Crippen molar-refractivity contribution in [2.24, 2.45) is 5.73 Å². The lowest BCUT2D eigenvalue weighted by molar-refractivity contribution is -0.121. The zero-order chi connectivity index (χ0) is 18.1. The molecule has 3 N–H and O–H groups in total. The largest absolute Gasteiger partial charge is 0.508 e. The number of aryl methyl sites for hydroxylation is 1. The molecule has 1 atom stereocenters. The van der Waals surface area contributed by atoms with Gasteiger partial charge in [-0.3, -0.25) is 4.79 Å². The van der Waals surface area contributed by atoms with Crippen LogP contribution in [0.2, 0.25) is 0 Å². The van der Waals surface area contributed by atoms with Crippen LogP contribution < -0.4 is 15.4 Å². The van der Waals surface area contributed by atoms with Gasteiger partial charge in [0.05, 0.1) is 5.69 Å². The van der Waals surface area contributed by atoms with Gasteiger partial charge in [-0.15, -0.1) is 0 Å². The third-order valence-electron chi connectivity index (χ3n) is 5.51. The number of nitriles is 1. The second kappa shape index (κ2) is 4.79. The third kappa shape index (κ3) is 1.53. The van der Waals surface area contributed by atoms with E-state index in [1.165, 1.54) is 12.1 Å². The van der Waals surface area contributed by atoms with Gasteiger partial charge in [-0.25, -0.2) is 0 Å². The number of aromatic hydroxyl groups is 1. The van der Waals surface area contributed by atoms with E-state index in [0.717, 1.165) is 29.7 Å². The van der Waals surface area contributed by atoms with Gasteiger partial charge in [-0.1, -0.05) is 18.2 Å². The number of carbonyl (C=O) groups excluding carboxylic acids is 1. The van der Waals surface area contributed by atoms with Crippen molar-refractivity contribution in [2.75, 3.05) is 11.4 Å². The maximum atomic E-state index is 13.7. The number of benzene rings is 2. The molecule has 0 radical (unpaired) electrons. The van der Waals surface area contributed by atoms with Crippen LogP contribution in [-0.4, -0.2) is 17.6 Å². The molecular formula is C20H15N3O3. The van der Waals surface area contributed by atoms with Gasteiger partial charge < -0.3 is 20.5 Å². The molecule has 0 saturated heterocycles. The molecule has 0 aromatic heterocycles. The minimum Gasteiger partial charge on any atom is -0.508 e. The maximum Gasteiger partial charge on any atom is 0.247 e. The van der Waals surface area contributed by atoms with Crippen molar-refractivity contribution in [3.63, 3.8) is 0 Å². The smallest absolute Gasteiger partial charge is 0.247 e. The number of hydrogen-bond acceptors (Lipinski definition) is 5. The fourth-order valence-corrected chi connectivity index (χ4v) is 4.51. The number of phenols is 1. The first-order chi connectivity index (χ1) is 12.6.